The molecule has 0 amide bonds. The minimum Gasteiger partial charge on any atom is -0.478 e. The van der Waals surface area contributed by atoms with Gasteiger partial charge in [0.05, 0.1) is 5.57 Å². The maximum atomic E-state index is 10.7. The van der Waals surface area contributed by atoms with Gasteiger partial charge >= 0.3 is 5.97 Å². The monoisotopic (exact) mass is 194 g/mol. The van der Waals surface area contributed by atoms with Crippen LogP contribution in [0, 0.1) is 0 Å². The summed E-state index contributed by atoms with van der Waals surface area (Å²) in [6, 6.07) is 0. The van der Waals surface area contributed by atoms with Gasteiger partial charge in [-0.2, -0.15) is 0 Å². The Morgan fingerprint density at radius 3 is 2.64 bits per heavy atom. The third-order valence-corrected chi connectivity index (χ3v) is 1.73. The molecular weight excluding hydrogens is 176 g/mol. The van der Waals surface area contributed by atoms with Gasteiger partial charge in [-0.05, 0) is 19.4 Å². The molecule has 0 aliphatic rings. The molecule has 0 unspecified atom stereocenters. The van der Waals surface area contributed by atoms with Gasteiger partial charge in [0.15, 0.2) is 0 Å². The normalized spacial score (nSPS) is 12.9. The van der Waals surface area contributed by atoms with Crippen molar-refractivity contribution in [1.29, 1.82) is 0 Å². The molecule has 0 spiro atoms. The second kappa shape index (κ2) is 8.30. The summed E-state index contributed by atoms with van der Waals surface area (Å²) in [5.74, 6) is -0.886. The first-order valence-electron chi connectivity index (χ1n) is 4.95. The summed E-state index contributed by atoms with van der Waals surface area (Å²) in [6.07, 6.45) is 12.1. The number of carbonyl (C=O) groups is 1. The van der Waals surface area contributed by atoms with E-state index in [-0.39, 0.29) is 0 Å². The van der Waals surface area contributed by atoms with E-state index < -0.39 is 5.97 Å². The molecule has 78 valence electrons. The summed E-state index contributed by atoms with van der Waals surface area (Å²) in [6.45, 7) is 3.93. The Hall–Kier alpha value is -1.31. The molecule has 0 heterocycles. The van der Waals surface area contributed by atoms with E-state index in [9.17, 15) is 4.79 Å². The summed E-state index contributed by atoms with van der Waals surface area (Å²) in [4.78, 5) is 10.7. The highest BCUT2D eigenvalue weighted by molar-refractivity contribution is 5.90. The number of hydrogen-bond donors (Lipinski definition) is 1. The summed E-state index contributed by atoms with van der Waals surface area (Å²) in [5, 5.41) is 8.75. The fraction of sp³-hybridized carbons (Fsp3) is 0.417. The van der Waals surface area contributed by atoms with E-state index in [2.05, 4.69) is 6.92 Å². The number of carboxylic acid groups (broad SMARTS) is 1. The molecule has 0 aromatic rings. The van der Waals surface area contributed by atoms with Crippen molar-refractivity contribution < 1.29 is 9.90 Å². The third-order valence-electron chi connectivity index (χ3n) is 1.73. The molecule has 0 bridgehead atoms. The number of aliphatic carboxylic acids is 1. The molecule has 0 atom stereocenters. The molecule has 0 aliphatic heterocycles. The molecule has 0 aromatic carbocycles. The van der Waals surface area contributed by atoms with Crippen LogP contribution in [0.15, 0.2) is 36.0 Å². The van der Waals surface area contributed by atoms with Crippen molar-refractivity contribution in [3.05, 3.63) is 36.0 Å². The van der Waals surface area contributed by atoms with Crippen LogP contribution in [0.3, 0.4) is 0 Å². The quantitative estimate of drug-likeness (QED) is 0.400. The van der Waals surface area contributed by atoms with Gasteiger partial charge in [-0.15, -0.1) is 0 Å². The van der Waals surface area contributed by atoms with Crippen molar-refractivity contribution >= 4 is 5.97 Å². The van der Waals surface area contributed by atoms with Gasteiger partial charge in [0.25, 0.3) is 0 Å². The Kier molecular flexibility index (Phi) is 7.52. The minimum absolute atomic E-state index is 0.320. The van der Waals surface area contributed by atoms with E-state index in [1.165, 1.54) is 0 Å². The Labute approximate surface area is 85.6 Å². The van der Waals surface area contributed by atoms with Crippen molar-refractivity contribution in [3.63, 3.8) is 0 Å². The number of unbranched alkanes of at least 4 members (excludes halogenated alkanes) is 2. The number of carboxylic acids is 1. The first kappa shape index (κ1) is 12.7. The van der Waals surface area contributed by atoms with Crippen LogP contribution in [0.1, 0.15) is 33.1 Å². The zero-order valence-corrected chi connectivity index (χ0v) is 8.86. The topological polar surface area (TPSA) is 37.3 Å². The first-order chi connectivity index (χ1) is 6.72. The average molecular weight is 194 g/mol. The van der Waals surface area contributed by atoms with Crippen molar-refractivity contribution in [1.82, 2.24) is 0 Å². The molecule has 0 radical (unpaired) electrons. The predicted octanol–water partition coefficient (Wildman–Crippen LogP) is 3.32. The lowest BCUT2D eigenvalue weighted by atomic mass is 10.2. The molecule has 1 N–H and O–H groups in total. The van der Waals surface area contributed by atoms with Crippen LogP contribution in [-0.2, 0) is 4.79 Å². The van der Waals surface area contributed by atoms with Crippen LogP contribution in [0.25, 0.3) is 0 Å². The highest BCUT2D eigenvalue weighted by Crippen LogP contribution is 2.00. The number of rotatable bonds is 6. The maximum absolute atomic E-state index is 10.7. The highest BCUT2D eigenvalue weighted by atomic mass is 16.4. The van der Waals surface area contributed by atoms with Gasteiger partial charge in [-0.1, -0.05) is 44.1 Å². The summed E-state index contributed by atoms with van der Waals surface area (Å²) in [5.41, 5.74) is 0.320. The second-order valence-corrected chi connectivity index (χ2v) is 3.00. The van der Waals surface area contributed by atoms with E-state index >= 15 is 0 Å². The molecule has 0 saturated heterocycles. The van der Waals surface area contributed by atoms with E-state index in [1.54, 1.807) is 31.2 Å². The summed E-state index contributed by atoms with van der Waals surface area (Å²) in [7, 11) is 0. The minimum atomic E-state index is -0.886. The summed E-state index contributed by atoms with van der Waals surface area (Å²) < 4.78 is 0. The van der Waals surface area contributed by atoms with Crippen LogP contribution >= 0.6 is 0 Å². The fourth-order valence-electron chi connectivity index (χ4n) is 0.968. The summed E-state index contributed by atoms with van der Waals surface area (Å²) >= 11 is 0. The Morgan fingerprint density at radius 2 is 2.14 bits per heavy atom. The van der Waals surface area contributed by atoms with E-state index in [4.69, 9.17) is 5.11 Å². The molecule has 0 aliphatic carbocycles. The lowest BCUT2D eigenvalue weighted by molar-refractivity contribution is -0.132. The van der Waals surface area contributed by atoms with Gasteiger partial charge in [0.1, 0.15) is 0 Å². The van der Waals surface area contributed by atoms with E-state index in [0.717, 1.165) is 19.3 Å². The standard InChI is InChI=1S/C12H18O2/c1-3-5-6-7-8-10-11(9-4-2)12(13)14/h4,7-10H,3,5-6H2,1-2H3,(H,13,14)/b8-7+,9-4+,11-10+. The van der Waals surface area contributed by atoms with Crippen LogP contribution in [0.2, 0.25) is 0 Å². The van der Waals surface area contributed by atoms with Crippen LogP contribution in [-0.4, -0.2) is 11.1 Å². The lowest BCUT2D eigenvalue weighted by Gasteiger charge is -1.91. The van der Waals surface area contributed by atoms with Crippen molar-refractivity contribution in [2.24, 2.45) is 0 Å². The average Bonchev–Trinajstić information content (AvgIpc) is 2.15. The molecule has 0 rings (SSSR count). The van der Waals surface area contributed by atoms with Gasteiger partial charge in [-0.25, -0.2) is 4.79 Å². The zero-order chi connectivity index (χ0) is 10.8. The van der Waals surface area contributed by atoms with Gasteiger partial charge in [-0.3, -0.25) is 0 Å². The van der Waals surface area contributed by atoms with Crippen molar-refractivity contribution in [2.45, 2.75) is 33.1 Å². The van der Waals surface area contributed by atoms with Gasteiger partial charge in [0, 0.05) is 0 Å². The van der Waals surface area contributed by atoms with Crippen LogP contribution in [0.5, 0.6) is 0 Å². The number of allylic oxidation sites excluding steroid dienone is 4. The van der Waals surface area contributed by atoms with Crippen LogP contribution in [0.4, 0.5) is 0 Å². The molecule has 0 fully saturated rings. The predicted molar refractivity (Wildman–Crippen MR) is 59.2 cm³/mol. The molecule has 2 nitrogen and oxygen atoms in total. The van der Waals surface area contributed by atoms with Crippen molar-refractivity contribution in [2.75, 3.05) is 0 Å². The number of hydrogen-bond acceptors (Lipinski definition) is 1. The zero-order valence-electron chi connectivity index (χ0n) is 8.86. The lowest BCUT2D eigenvalue weighted by Crippen LogP contribution is -1.96. The SMILES string of the molecule is C/C=C/C(=C\C=C\CCCC)C(=O)O. The van der Waals surface area contributed by atoms with Gasteiger partial charge < -0.3 is 5.11 Å². The first-order valence-corrected chi connectivity index (χ1v) is 4.95. The molecule has 0 aromatic heterocycles. The third kappa shape index (κ3) is 6.23. The Bertz CT molecular complexity index is 247. The molecule has 2 heteroatoms. The fourth-order valence-corrected chi connectivity index (χ4v) is 0.968. The molecular formula is C12H18O2. The van der Waals surface area contributed by atoms with Crippen LogP contribution < -0.4 is 0 Å². The highest BCUT2D eigenvalue weighted by Gasteiger charge is 1.99. The smallest absolute Gasteiger partial charge is 0.335 e. The van der Waals surface area contributed by atoms with Crippen molar-refractivity contribution in [3.8, 4) is 0 Å². The van der Waals surface area contributed by atoms with E-state index in [0.29, 0.717) is 5.57 Å². The Balaban J connectivity index is 4.16. The Morgan fingerprint density at radius 1 is 1.43 bits per heavy atom. The van der Waals surface area contributed by atoms with Gasteiger partial charge in [0.2, 0.25) is 0 Å². The molecule has 14 heavy (non-hydrogen) atoms. The largest absolute Gasteiger partial charge is 0.478 e. The van der Waals surface area contributed by atoms with E-state index in [1.807, 2.05) is 6.08 Å². The second-order valence-electron chi connectivity index (χ2n) is 3.00. The maximum Gasteiger partial charge on any atom is 0.335 e. The molecule has 0 saturated carbocycles.